The van der Waals surface area contributed by atoms with Gasteiger partial charge in [0.2, 0.25) is 0 Å². The molecule has 1 aliphatic heterocycles. The number of carbonyl (C=O) groups excluding carboxylic acids is 1. The maximum Gasteiger partial charge on any atom is 0.254 e. The van der Waals surface area contributed by atoms with Gasteiger partial charge in [-0.3, -0.25) is 4.79 Å². The van der Waals surface area contributed by atoms with Gasteiger partial charge in [0.05, 0.1) is 30.5 Å². The maximum atomic E-state index is 13.3. The summed E-state index contributed by atoms with van der Waals surface area (Å²) in [5, 5.41) is 1.01. The summed E-state index contributed by atoms with van der Waals surface area (Å²) in [6.07, 6.45) is 1.91. The normalized spacial score (nSPS) is 16.7. The van der Waals surface area contributed by atoms with Crippen LogP contribution in [0.15, 0.2) is 36.4 Å². The number of fused-ring (bicyclic) bond motifs is 1. The number of hydrogen-bond acceptors (Lipinski definition) is 5. The lowest BCUT2D eigenvalue weighted by molar-refractivity contribution is 0.0735. The molecule has 4 rings (SSSR count). The van der Waals surface area contributed by atoms with Gasteiger partial charge in [0.25, 0.3) is 5.91 Å². The van der Waals surface area contributed by atoms with E-state index in [1.54, 1.807) is 37.7 Å². The van der Waals surface area contributed by atoms with E-state index in [1.165, 1.54) is 0 Å². The Hall–Kier alpha value is -2.60. The van der Waals surface area contributed by atoms with Gasteiger partial charge < -0.3 is 14.4 Å². The van der Waals surface area contributed by atoms with E-state index in [0.717, 1.165) is 40.2 Å². The van der Waals surface area contributed by atoms with E-state index in [4.69, 9.17) is 14.5 Å². The quantitative estimate of drug-likeness (QED) is 0.662. The highest BCUT2D eigenvalue weighted by molar-refractivity contribution is 7.18. The fourth-order valence-corrected chi connectivity index (χ4v) is 4.79. The summed E-state index contributed by atoms with van der Waals surface area (Å²) in [4.78, 5) is 20.0. The molecule has 2 aromatic carbocycles. The summed E-state index contributed by atoms with van der Waals surface area (Å²) in [7, 11) is 3.21. The van der Waals surface area contributed by atoms with E-state index in [9.17, 15) is 4.79 Å². The number of ether oxygens (including phenoxy) is 2. The minimum Gasteiger partial charge on any atom is -0.496 e. The third-order valence-electron chi connectivity index (χ3n) is 5.11. The van der Waals surface area contributed by atoms with Crippen LogP contribution >= 0.6 is 11.3 Å². The van der Waals surface area contributed by atoms with Crippen LogP contribution in [-0.4, -0.2) is 36.6 Å². The number of carbonyl (C=O) groups is 1. The summed E-state index contributed by atoms with van der Waals surface area (Å²) in [5.41, 5.74) is 2.47. The van der Waals surface area contributed by atoms with Crippen LogP contribution in [0.5, 0.6) is 11.5 Å². The van der Waals surface area contributed by atoms with Crippen LogP contribution in [0, 0.1) is 6.92 Å². The van der Waals surface area contributed by atoms with Crippen molar-refractivity contribution in [2.24, 2.45) is 0 Å². The van der Waals surface area contributed by atoms with Crippen molar-refractivity contribution in [3.8, 4) is 11.5 Å². The monoisotopic (exact) mass is 382 g/mol. The molecule has 140 valence electrons. The SMILES string of the molecule is COc1cc(C(=O)N2CCCC2c2nc3ccccc3s2)cc(OC)c1C. The van der Waals surface area contributed by atoms with E-state index in [2.05, 4.69) is 6.07 Å². The molecule has 1 atom stereocenters. The first-order valence-corrected chi connectivity index (χ1v) is 9.83. The molecule has 27 heavy (non-hydrogen) atoms. The summed E-state index contributed by atoms with van der Waals surface area (Å²) >= 11 is 1.67. The number of thiazole rings is 1. The Kier molecular flexibility index (Phi) is 4.74. The van der Waals surface area contributed by atoms with Gasteiger partial charge in [0.1, 0.15) is 16.5 Å². The van der Waals surface area contributed by atoms with Gasteiger partial charge in [-0.15, -0.1) is 11.3 Å². The average Bonchev–Trinajstić information content (AvgIpc) is 3.34. The molecule has 5 nitrogen and oxygen atoms in total. The molecule has 0 saturated carbocycles. The Morgan fingerprint density at radius 1 is 1.19 bits per heavy atom. The van der Waals surface area contributed by atoms with Crippen molar-refractivity contribution in [1.82, 2.24) is 9.88 Å². The molecule has 1 amide bonds. The van der Waals surface area contributed by atoms with E-state index < -0.39 is 0 Å². The van der Waals surface area contributed by atoms with Crippen LogP contribution in [0.4, 0.5) is 0 Å². The minimum absolute atomic E-state index is 0.00615. The Balaban J connectivity index is 1.68. The predicted octanol–water partition coefficient (Wildman–Crippen LogP) is 4.60. The van der Waals surface area contributed by atoms with Crippen molar-refractivity contribution in [2.45, 2.75) is 25.8 Å². The van der Waals surface area contributed by atoms with Crippen LogP contribution in [0.1, 0.15) is 39.8 Å². The molecule has 0 bridgehead atoms. The molecule has 1 saturated heterocycles. The fourth-order valence-electron chi connectivity index (χ4n) is 3.67. The zero-order chi connectivity index (χ0) is 19.0. The second kappa shape index (κ2) is 7.19. The van der Waals surface area contributed by atoms with Gasteiger partial charge in [-0.05, 0) is 44.0 Å². The molecule has 1 unspecified atom stereocenters. The van der Waals surface area contributed by atoms with Crippen LogP contribution in [0.25, 0.3) is 10.2 Å². The summed E-state index contributed by atoms with van der Waals surface area (Å²) in [5.74, 6) is 1.32. The summed E-state index contributed by atoms with van der Waals surface area (Å²) < 4.78 is 12.0. The van der Waals surface area contributed by atoms with Crippen molar-refractivity contribution in [1.29, 1.82) is 0 Å². The second-order valence-electron chi connectivity index (χ2n) is 6.68. The third kappa shape index (κ3) is 3.14. The maximum absolute atomic E-state index is 13.3. The first kappa shape index (κ1) is 17.8. The van der Waals surface area contributed by atoms with Crippen molar-refractivity contribution < 1.29 is 14.3 Å². The third-order valence-corrected chi connectivity index (χ3v) is 6.25. The Morgan fingerprint density at radius 3 is 2.56 bits per heavy atom. The molecule has 0 N–H and O–H groups in total. The van der Waals surface area contributed by atoms with Crippen LogP contribution in [-0.2, 0) is 0 Å². The molecule has 1 aliphatic rings. The molecule has 0 radical (unpaired) electrons. The first-order chi connectivity index (χ1) is 13.1. The van der Waals surface area contributed by atoms with Crippen molar-refractivity contribution >= 4 is 27.5 Å². The zero-order valence-corrected chi connectivity index (χ0v) is 16.5. The number of amides is 1. The number of hydrogen-bond donors (Lipinski definition) is 0. The second-order valence-corrected chi connectivity index (χ2v) is 7.74. The van der Waals surface area contributed by atoms with Gasteiger partial charge >= 0.3 is 0 Å². The molecule has 6 heteroatoms. The number of benzene rings is 2. The zero-order valence-electron chi connectivity index (χ0n) is 15.7. The number of para-hydroxylation sites is 1. The summed E-state index contributed by atoms with van der Waals surface area (Å²) in [6, 6.07) is 11.7. The van der Waals surface area contributed by atoms with Gasteiger partial charge in [0, 0.05) is 17.7 Å². The Labute approximate surface area is 162 Å². The minimum atomic E-state index is -0.00615. The highest BCUT2D eigenvalue weighted by Gasteiger charge is 2.33. The van der Waals surface area contributed by atoms with E-state index >= 15 is 0 Å². The molecular formula is C21H22N2O3S. The number of methoxy groups -OCH3 is 2. The Morgan fingerprint density at radius 2 is 1.89 bits per heavy atom. The molecular weight excluding hydrogens is 360 g/mol. The molecule has 1 aromatic heterocycles. The fraction of sp³-hybridized carbons (Fsp3) is 0.333. The van der Waals surface area contributed by atoms with Crippen molar-refractivity contribution in [3.63, 3.8) is 0 Å². The Bertz CT molecular complexity index is 940. The van der Waals surface area contributed by atoms with E-state index in [1.807, 2.05) is 30.0 Å². The number of nitrogens with zero attached hydrogens (tertiary/aromatic N) is 2. The number of aromatic nitrogens is 1. The lowest BCUT2D eigenvalue weighted by atomic mass is 10.1. The average molecular weight is 382 g/mol. The van der Waals surface area contributed by atoms with Gasteiger partial charge in [-0.2, -0.15) is 0 Å². The highest BCUT2D eigenvalue weighted by Crippen LogP contribution is 2.38. The molecule has 3 aromatic rings. The van der Waals surface area contributed by atoms with Crippen molar-refractivity contribution in [2.75, 3.05) is 20.8 Å². The van der Waals surface area contributed by atoms with Gasteiger partial charge in [0.15, 0.2) is 0 Å². The van der Waals surface area contributed by atoms with E-state index in [-0.39, 0.29) is 11.9 Å². The predicted molar refractivity (Wildman–Crippen MR) is 107 cm³/mol. The molecule has 0 aliphatic carbocycles. The van der Waals surface area contributed by atoms with Crippen LogP contribution in [0.3, 0.4) is 0 Å². The lowest BCUT2D eigenvalue weighted by Crippen LogP contribution is -2.30. The van der Waals surface area contributed by atoms with Crippen LogP contribution in [0.2, 0.25) is 0 Å². The molecule has 2 heterocycles. The standard InChI is InChI=1S/C21H22N2O3S/c1-13-17(25-2)11-14(12-18(13)26-3)21(24)23-10-6-8-16(23)20-22-15-7-4-5-9-19(15)27-20/h4-5,7,9,11-12,16H,6,8,10H2,1-3H3. The lowest BCUT2D eigenvalue weighted by Gasteiger charge is -2.24. The largest absolute Gasteiger partial charge is 0.496 e. The van der Waals surface area contributed by atoms with Gasteiger partial charge in [-0.1, -0.05) is 12.1 Å². The topological polar surface area (TPSA) is 51.7 Å². The molecule has 1 fully saturated rings. The van der Waals surface area contributed by atoms with E-state index in [0.29, 0.717) is 17.1 Å². The van der Waals surface area contributed by atoms with Gasteiger partial charge in [-0.25, -0.2) is 4.98 Å². The first-order valence-electron chi connectivity index (χ1n) is 9.01. The van der Waals surface area contributed by atoms with Crippen molar-refractivity contribution in [3.05, 3.63) is 52.5 Å². The highest BCUT2D eigenvalue weighted by atomic mass is 32.1. The number of likely N-dealkylation sites (tertiary alicyclic amines) is 1. The molecule has 0 spiro atoms. The number of rotatable bonds is 4. The van der Waals surface area contributed by atoms with Crippen LogP contribution < -0.4 is 9.47 Å². The smallest absolute Gasteiger partial charge is 0.254 e. The summed E-state index contributed by atoms with van der Waals surface area (Å²) in [6.45, 7) is 2.66.